The van der Waals surface area contributed by atoms with Gasteiger partial charge < -0.3 is 14.7 Å². The van der Waals surface area contributed by atoms with Gasteiger partial charge in [-0.25, -0.2) is 4.79 Å². The van der Waals surface area contributed by atoms with Gasteiger partial charge in [-0.05, 0) is 27.7 Å². The molecule has 0 N–H and O–H groups in total. The third kappa shape index (κ3) is 3.11. The van der Waals surface area contributed by atoms with Crippen LogP contribution < -0.4 is 0 Å². The molecule has 17 heavy (non-hydrogen) atoms. The first-order chi connectivity index (χ1) is 8.01. The highest BCUT2D eigenvalue weighted by Crippen LogP contribution is 2.09. The molecule has 1 fully saturated rings. The van der Waals surface area contributed by atoms with Crippen LogP contribution >= 0.6 is 0 Å². The molecule has 0 aromatic carbocycles. The lowest BCUT2D eigenvalue weighted by molar-refractivity contribution is -0.136. The summed E-state index contributed by atoms with van der Waals surface area (Å²) in [6, 6.07) is 0.194. The van der Waals surface area contributed by atoms with E-state index >= 15 is 0 Å². The Labute approximate surface area is 103 Å². The summed E-state index contributed by atoms with van der Waals surface area (Å²) in [5.41, 5.74) is 0. The van der Waals surface area contributed by atoms with Crippen LogP contribution in [0.4, 0.5) is 4.79 Å². The van der Waals surface area contributed by atoms with Crippen LogP contribution in [-0.2, 0) is 4.79 Å². The Hall–Kier alpha value is -1.26. The lowest BCUT2D eigenvalue weighted by Gasteiger charge is -2.38. The van der Waals surface area contributed by atoms with E-state index in [-0.39, 0.29) is 24.5 Å². The van der Waals surface area contributed by atoms with Crippen LogP contribution in [0, 0.1) is 0 Å². The molecule has 98 valence electrons. The minimum absolute atomic E-state index is 0.0215. The Morgan fingerprint density at radius 1 is 1.29 bits per heavy atom. The van der Waals surface area contributed by atoms with Crippen LogP contribution in [-0.4, -0.2) is 65.4 Å². The third-order valence-corrected chi connectivity index (χ3v) is 3.19. The van der Waals surface area contributed by atoms with Crippen molar-refractivity contribution in [2.75, 3.05) is 32.7 Å². The summed E-state index contributed by atoms with van der Waals surface area (Å²) in [5.74, 6) is 0.0479. The van der Waals surface area contributed by atoms with Crippen LogP contribution in [0.2, 0.25) is 0 Å². The molecule has 0 atom stereocenters. The van der Waals surface area contributed by atoms with Gasteiger partial charge in [0.15, 0.2) is 0 Å². The first-order valence-corrected chi connectivity index (χ1v) is 6.34. The van der Waals surface area contributed by atoms with E-state index in [1.54, 1.807) is 9.80 Å². The van der Waals surface area contributed by atoms with E-state index in [0.29, 0.717) is 26.2 Å². The maximum absolute atomic E-state index is 12.1. The number of carbonyl (C=O) groups is 2. The van der Waals surface area contributed by atoms with Crippen molar-refractivity contribution in [2.24, 2.45) is 0 Å². The van der Waals surface area contributed by atoms with Gasteiger partial charge >= 0.3 is 6.03 Å². The highest BCUT2D eigenvalue weighted by atomic mass is 16.2. The van der Waals surface area contributed by atoms with Gasteiger partial charge in [-0.3, -0.25) is 4.79 Å². The standard InChI is InChI=1S/C12H23N3O2/c1-5-13(6-2)12(17)14-7-8-15(10(3)4)11(16)9-14/h10H,5-9H2,1-4H3. The Morgan fingerprint density at radius 2 is 1.88 bits per heavy atom. The molecular weight excluding hydrogens is 218 g/mol. The highest BCUT2D eigenvalue weighted by molar-refractivity contribution is 5.85. The molecule has 5 heteroatoms. The van der Waals surface area contributed by atoms with Crippen molar-refractivity contribution in [1.29, 1.82) is 0 Å². The molecule has 3 amide bonds. The fourth-order valence-corrected chi connectivity index (χ4v) is 2.09. The number of amides is 3. The summed E-state index contributed by atoms with van der Waals surface area (Å²) in [7, 11) is 0. The van der Waals surface area contributed by atoms with Gasteiger partial charge in [0.1, 0.15) is 6.54 Å². The zero-order valence-corrected chi connectivity index (χ0v) is 11.3. The van der Waals surface area contributed by atoms with Crippen LogP contribution in [0.15, 0.2) is 0 Å². The molecule has 0 unspecified atom stereocenters. The smallest absolute Gasteiger partial charge is 0.320 e. The fourth-order valence-electron chi connectivity index (χ4n) is 2.09. The zero-order valence-electron chi connectivity index (χ0n) is 11.3. The van der Waals surface area contributed by atoms with Crippen LogP contribution in [0.5, 0.6) is 0 Å². The second-order valence-electron chi connectivity index (χ2n) is 4.56. The van der Waals surface area contributed by atoms with Crippen molar-refractivity contribution in [2.45, 2.75) is 33.7 Å². The van der Waals surface area contributed by atoms with E-state index in [4.69, 9.17) is 0 Å². The van der Waals surface area contributed by atoms with Crippen molar-refractivity contribution >= 4 is 11.9 Å². The number of urea groups is 1. The minimum Gasteiger partial charge on any atom is -0.337 e. The van der Waals surface area contributed by atoms with Gasteiger partial charge in [-0.1, -0.05) is 0 Å². The maximum Gasteiger partial charge on any atom is 0.320 e. The molecule has 1 heterocycles. The molecule has 1 aliphatic heterocycles. The van der Waals surface area contributed by atoms with Crippen molar-refractivity contribution in [1.82, 2.24) is 14.7 Å². The van der Waals surface area contributed by atoms with E-state index in [0.717, 1.165) is 0 Å². The Morgan fingerprint density at radius 3 is 2.29 bits per heavy atom. The summed E-state index contributed by atoms with van der Waals surface area (Å²) in [6.07, 6.45) is 0. The first kappa shape index (κ1) is 13.8. The average Bonchev–Trinajstić information content (AvgIpc) is 2.29. The number of hydrogen-bond acceptors (Lipinski definition) is 2. The first-order valence-electron chi connectivity index (χ1n) is 6.34. The molecule has 0 aromatic heterocycles. The Bertz CT molecular complexity index is 287. The SMILES string of the molecule is CCN(CC)C(=O)N1CCN(C(C)C)C(=O)C1. The summed E-state index contributed by atoms with van der Waals surface area (Å²) < 4.78 is 0. The second-order valence-corrected chi connectivity index (χ2v) is 4.56. The molecule has 0 aliphatic carbocycles. The van der Waals surface area contributed by atoms with Gasteiger partial charge in [-0.2, -0.15) is 0 Å². The topological polar surface area (TPSA) is 43.9 Å². The summed E-state index contributed by atoms with van der Waals surface area (Å²) in [4.78, 5) is 29.1. The fraction of sp³-hybridized carbons (Fsp3) is 0.833. The lowest BCUT2D eigenvalue weighted by atomic mass is 10.2. The number of piperazine rings is 1. The summed E-state index contributed by atoms with van der Waals surface area (Å²) in [6.45, 7) is 10.8. The molecule has 0 radical (unpaired) electrons. The summed E-state index contributed by atoms with van der Waals surface area (Å²) in [5, 5.41) is 0. The Kier molecular flexibility index (Phi) is 4.78. The largest absolute Gasteiger partial charge is 0.337 e. The number of hydrogen-bond donors (Lipinski definition) is 0. The van der Waals surface area contributed by atoms with E-state index < -0.39 is 0 Å². The third-order valence-electron chi connectivity index (χ3n) is 3.19. The zero-order chi connectivity index (χ0) is 13.0. The molecule has 1 saturated heterocycles. The lowest BCUT2D eigenvalue weighted by Crippen LogP contribution is -2.56. The molecule has 0 saturated carbocycles. The van der Waals surface area contributed by atoms with Crippen LogP contribution in [0.3, 0.4) is 0 Å². The number of carbonyl (C=O) groups excluding carboxylic acids is 2. The molecule has 0 bridgehead atoms. The molecule has 0 aromatic rings. The van der Waals surface area contributed by atoms with Gasteiger partial charge in [0.05, 0.1) is 0 Å². The predicted octanol–water partition coefficient (Wildman–Crippen LogP) is 1.00. The molecule has 0 spiro atoms. The van der Waals surface area contributed by atoms with E-state index in [2.05, 4.69) is 0 Å². The summed E-state index contributed by atoms with van der Waals surface area (Å²) >= 11 is 0. The van der Waals surface area contributed by atoms with Crippen LogP contribution in [0.1, 0.15) is 27.7 Å². The van der Waals surface area contributed by atoms with E-state index in [1.807, 2.05) is 32.6 Å². The van der Waals surface area contributed by atoms with Crippen molar-refractivity contribution in [3.05, 3.63) is 0 Å². The predicted molar refractivity (Wildman–Crippen MR) is 66.7 cm³/mol. The normalized spacial score (nSPS) is 16.6. The van der Waals surface area contributed by atoms with Crippen molar-refractivity contribution in [3.8, 4) is 0 Å². The van der Waals surface area contributed by atoms with Crippen LogP contribution in [0.25, 0.3) is 0 Å². The van der Waals surface area contributed by atoms with Gasteiger partial charge in [-0.15, -0.1) is 0 Å². The maximum atomic E-state index is 12.1. The highest BCUT2D eigenvalue weighted by Gasteiger charge is 2.29. The van der Waals surface area contributed by atoms with Crippen molar-refractivity contribution < 1.29 is 9.59 Å². The number of nitrogens with zero attached hydrogens (tertiary/aromatic N) is 3. The van der Waals surface area contributed by atoms with Crippen molar-refractivity contribution in [3.63, 3.8) is 0 Å². The molecule has 1 rings (SSSR count). The average molecular weight is 241 g/mol. The van der Waals surface area contributed by atoms with E-state index in [1.165, 1.54) is 0 Å². The van der Waals surface area contributed by atoms with Gasteiger partial charge in [0.2, 0.25) is 5.91 Å². The molecule has 1 aliphatic rings. The molecule has 5 nitrogen and oxygen atoms in total. The number of rotatable bonds is 3. The monoisotopic (exact) mass is 241 g/mol. The second kappa shape index (κ2) is 5.89. The van der Waals surface area contributed by atoms with Gasteiger partial charge in [0, 0.05) is 32.2 Å². The quantitative estimate of drug-likeness (QED) is 0.740. The van der Waals surface area contributed by atoms with Gasteiger partial charge in [0.25, 0.3) is 0 Å². The Balaban J connectivity index is 2.60. The van der Waals surface area contributed by atoms with E-state index in [9.17, 15) is 9.59 Å². The molecular formula is C12H23N3O2. The minimum atomic E-state index is -0.0215.